The van der Waals surface area contributed by atoms with Crippen LogP contribution >= 0.6 is 0 Å². The van der Waals surface area contributed by atoms with E-state index in [2.05, 4.69) is 15.3 Å². The summed E-state index contributed by atoms with van der Waals surface area (Å²) < 4.78 is 0. The summed E-state index contributed by atoms with van der Waals surface area (Å²) in [5.74, 6) is -1.09. The largest absolute Gasteiger partial charge is 0.548 e. The van der Waals surface area contributed by atoms with Gasteiger partial charge in [0.15, 0.2) is 0 Å². The van der Waals surface area contributed by atoms with Gasteiger partial charge in [-0.2, -0.15) is 0 Å². The molecule has 0 aliphatic carbocycles. The molecule has 0 saturated heterocycles. The number of carboxylic acid groups (broad SMARTS) is 1. The summed E-state index contributed by atoms with van der Waals surface area (Å²) in [6, 6.07) is -0.559. The van der Waals surface area contributed by atoms with E-state index in [1.807, 2.05) is 13.8 Å². The summed E-state index contributed by atoms with van der Waals surface area (Å²) in [5, 5.41) is 13.7. The van der Waals surface area contributed by atoms with Crippen molar-refractivity contribution in [2.45, 2.75) is 32.4 Å². The predicted molar refractivity (Wildman–Crippen MR) is 49.4 cm³/mol. The molecule has 1 rings (SSSR count). The predicted octanol–water partition coefficient (Wildman–Crippen LogP) is -0.931. The summed E-state index contributed by atoms with van der Waals surface area (Å²) in [4.78, 5) is 17.4. The first-order valence-electron chi connectivity index (χ1n) is 4.53. The molecule has 14 heavy (non-hydrogen) atoms. The summed E-state index contributed by atoms with van der Waals surface area (Å²) in [6.07, 6.45) is 3.50. The first kappa shape index (κ1) is 10.7. The maximum absolute atomic E-state index is 10.8. The van der Waals surface area contributed by atoms with Gasteiger partial charge in [-0.15, -0.1) is 0 Å². The second-order valence-electron chi connectivity index (χ2n) is 3.47. The van der Waals surface area contributed by atoms with E-state index >= 15 is 0 Å². The van der Waals surface area contributed by atoms with E-state index in [4.69, 9.17) is 0 Å². The number of carbonyl (C=O) groups is 1. The Morgan fingerprint density at radius 2 is 2.43 bits per heavy atom. The smallest absolute Gasteiger partial charge is 0.0921 e. The molecule has 1 aromatic heterocycles. The molecule has 0 spiro atoms. The van der Waals surface area contributed by atoms with Crippen LogP contribution in [0, 0.1) is 0 Å². The van der Waals surface area contributed by atoms with Crippen molar-refractivity contribution in [2.24, 2.45) is 0 Å². The lowest BCUT2D eigenvalue weighted by Crippen LogP contribution is -2.49. The molecule has 0 aromatic carbocycles. The van der Waals surface area contributed by atoms with Gasteiger partial charge in [0.25, 0.3) is 0 Å². The molecule has 5 heteroatoms. The van der Waals surface area contributed by atoms with Crippen molar-refractivity contribution in [3.05, 3.63) is 18.2 Å². The molecular weight excluding hydrogens is 182 g/mol. The number of H-pyrrole nitrogens is 1. The second kappa shape index (κ2) is 4.76. The average molecular weight is 196 g/mol. The minimum Gasteiger partial charge on any atom is -0.548 e. The number of aromatic amines is 1. The van der Waals surface area contributed by atoms with Crippen molar-refractivity contribution in [3.8, 4) is 0 Å². The Labute approximate surface area is 82.6 Å². The molecule has 0 saturated carbocycles. The van der Waals surface area contributed by atoms with Crippen LogP contribution in [0.4, 0.5) is 0 Å². The van der Waals surface area contributed by atoms with Gasteiger partial charge < -0.3 is 20.2 Å². The fraction of sp³-hybridized carbons (Fsp3) is 0.556. The highest BCUT2D eigenvalue weighted by Gasteiger charge is 2.12. The van der Waals surface area contributed by atoms with Gasteiger partial charge >= 0.3 is 0 Å². The third-order valence-electron chi connectivity index (χ3n) is 1.80. The van der Waals surface area contributed by atoms with Crippen molar-refractivity contribution in [2.75, 3.05) is 0 Å². The van der Waals surface area contributed by atoms with E-state index in [9.17, 15) is 9.90 Å². The number of nitrogens with one attached hydrogen (secondary N) is 2. The molecule has 78 valence electrons. The number of carboxylic acids is 1. The lowest BCUT2D eigenvalue weighted by Gasteiger charge is -2.21. The lowest BCUT2D eigenvalue weighted by atomic mass is 10.1. The van der Waals surface area contributed by atoms with Gasteiger partial charge in [0, 0.05) is 24.4 Å². The highest BCUT2D eigenvalue weighted by molar-refractivity contribution is 5.71. The summed E-state index contributed by atoms with van der Waals surface area (Å²) in [5.41, 5.74) is 0.785. The third-order valence-corrected chi connectivity index (χ3v) is 1.80. The van der Waals surface area contributed by atoms with E-state index in [1.54, 1.807) is 6.20 Å². The molecule has 1 aromatic rings. The Morgan fingerprint density at radius 3 is 2.86 bits per heavy atom. The molecule has 2 N–H and O–H groups in total. The Hall–Kier alpha value is -1.36. The monoisotopic (exact) mass is 196 g/mol. The van der Waals surface area contributed by atoms with Gasteiger partial charge in [0.2, 0.25) is 0 Å². The minimum absolute atomic E-state index is 0.112. The zero-order valence-electron chi connectivity index (χ0n) is 8.28. The van der Waals surface area contributed by atoms with Gasteiger partial charge in [-0.05, 0) is 0 Å². The van der Waals surface area contributed by atoms with Gasteiger partial charge in [-0.1, -0.05) is 13.8 Å². The standard InChI is InChI=1S/C9H15N3O2/c1-6(2)12-8(9(13)14)3-7-4-10-5-11-7/h4-6,8,12H,3H2,1-2H3,(H,10,11)(H,13,14)/p-1. The van der Waals surface area contributed by atoms with Crippen molar-refractivity contribution in [3.63, 3.8) is 0 Å². The first-order valence-corrected chi connectivity index (χ1v) is 4.53. The van der Waals surface area contributed by atoms with E-state index in [1.165, 1.54) is 6.33 Å². The van der Waals surface area contributed by atoms with Gasteiger partial charge in [-0.3, -0.25) is 0 Å². The Bertz CT molecular complexity index is 282. The Kier molecular flexibility index (Phi) is 3.64. The Morgan fingerprint density at radius 1 is 1.71 bits per heavy atom. The molecule has 0 bridgehead atoms. The van der Waals surface area contributed by atoms with E-state index < -0.39 is 12.0 Å². The maximum atomic E-state index is 10.8. The molecule has 0 radical (unpaired) electrons. The third kappa shape index (κ3) is 3.18. The summed E-state index contributed by atoms with van der Waals surface area (Å²) in [7, 11) is 0. The van der Waals surface area contributed by atoms with Gasteiger partial charge in [0.05, 0.1) is 18.3 Å². The van der Waals surface area contributed by atoms with Crippen LogP contribution in [0.5, 0.6) is 0 Å². The normalized spacial score (nSPS) is 13.1. The number of hydrogen-bond acceptors (Lipinski definition) is 4. The molecule has 1 heterocycles. The van der Waals surface area contributed by atoms with Gasteiger partial charge in [-0.25, -0.2) is 4.98 Å². The minimum atomic E-state index is -1.09. The summed E-state index contributed by atoms with van der Waals surface area (Å²) >= 11 is 0. The summed E-state index contributed by atoms with van der Waals surface area (Å²) in [6.45, 7) is 3.78. The van der Waals surface area contributed by atoms with Crippen LogP contribution < -0.4 is 10.4 Å². The first-order chi connectivity index (χ1) is 6.59. The quantitative estimate of drug-likeness (QED) is 0.637. The fourth-order valence-corrected chi connectivity index (χ4v) is 1.23. The van der Waals surface area contributed by atoms with Crippen LogP contribution in [0.2, 0.25) is 0 Å². The molecule has 0 fully saturated rings. The topological polar surface area (TPSA) is 80.8 Å². The average Bonchev–Trinajstić information content (AvgIpc) is 2.54. The maximum Gasteiger partial charge on any atom is 0.0921 e. The van der Waals surface area contributed by atoms with E-state index in [-0.39, 0.29) is 6.04 Å². The zero-order chi connectivity index (χ0) is 10.6. The molecule has 1 unspecified atom stereocenters. The van der Waals surface area contributed by atoms with Crippen molar-refractivity contribution in [1.29, 1.82) is 0 Å². The zero-order valence-corrected chi connectivity index (χ0v) is 8.28. The molecule has 0 aliphatic heterocycles. The SMILES string of the molecule is CC(C)NC(Cc1cnc[nH]1)C(=O)[O-]. The number of rotatable bonds is 5. The van der Waals surface area contributed by atoms with Crippen LogP contribution in [-0.2, 0) is 11.2 Å². The second-order valence-corrected chi connectivity index (χ2v) is 3.47. The van der Waals surface area contributed by atoms with Gasteiger partial charge in [0.1, 0.15) is 0 Å². The number of imidazole rings is 1. The number of carbonyl (C=O) groups excluding carboxylic acids is 1. The van der Waals surface area contributed by atoms with Crippen LogP contribution in [-0.4, -0.2) is 28.0 Å². The van der Waals surface area contributed by atoms with E-state index in [0.717, 1.165) is 5.69 Å². The number of nitrogens with zero attached hydrogens (tertiary/aromatic N) is 1. The molecule has 0 aliphatic rings. The Balaban J connectivity index is 2.56. The highest BCUT2D eigenvalue weighted by Crippen LogP contribution is 1.98. The van der Waals surface area contributed by atoms with Crippen LogP contribution in [0.1, 0.15) is 19.5 Å². The number of aliphatic carboxylic acids is 1. The number of aromatic nitrogens is 2. The van der Waals surface area contributed by atoms with Crippen molar-refractivity contribution < 1.29 is 9.90 Å². The molecule has 1 atom stereocenters. The van der Waals surface area contributed by atoms with E-state index in [0.29, 0.717) is 6.42 Å². The van der Waals surface area contributed by atoms with Crippen molar-refractivity contribution >= 4 is 5.97 Å². The van der Waals surface area contributed by atoms with Crippen LogP contribution in [0.15, 0.2) is 12.5 Å². The molecular formula is C9H14N3O2-. The van der Waals surface area contributed by atoms with Crippen LogP contribution in [0.3, 0.4) is 0 Å². The van der Waals surface area contributed by atoms with Crippen molar-refractivity contribution in [1.82, 2.24) is 15.3 Å². The molecule has 0 amide bonds. The fourth-order valence-electron chi connectivity index (χ4n) is 1.23. The highest BCUT2D eigenvalue weighted by atomic mass is 16.4. The lowest BCUT2D eigenvalue weighted by molar-refractivity contribution is -0.308. The van der Waals surface area contributed by atoms with Crippen LogP contribution in [0.25, 0.3) is 0 Å². The number of hydrogen-bond donors (Lipinski definition) is 2. The molecule has 5 nitrogen and oxygen atoms in total.